The quantitative estimate of drug-likeness (QED) is 0.395. The zero-order valence-corrected chi connectivity index (χ0v) is 16.5. The molecule has 2 aromatic heterocycles. The molecule has 0 saturated carbocycles. The molecule has 2 heterocycles. The first kappa shape index (κ1) is 18.7. The van der Waals surface area contributed by atoms with Crippen molar-refractivity contribution >= 4 is 11.5 Å². The Morgan fingerprint density at radius 2 is 1.45 bits per heavy atom. The minimum Gasteiger partial charge on any atom is -0.340 e. The number of aromatic nitrogens is 4. The monoisotopic (exact) mass is 407 g/mol. The van der Waals surface area contributed by atoms with E-state index in [1.165, 1.54) is 18.5 Å². The van der Waals surface area contributed by atoms with Gasteiger partial charge in [0.15, 0.2) is 5.82 Å². The summed E-state index contributed by atoms with van der Waals surface area (Å²) < 4.78 is 15.3. The molecule has 0 aliphatic heterocycles. The van der Waals surface area contributed by atoms with Gasteiger partial charge in [0, 0.05) is 22.9 Å². The van der Waals surface area contributed by atoms with Crippen molar-refractivity contribution in [3.05, 3.63) is 109 Å². The van der Waals surface area contributed by atoms with Gasteiger partial charge in [-0.1, -0.05) is 66.7 Å². The summed E-state index contributed by atoms with van der Waals surface area (Å²) in [5.74, 6) is 0.839. The van der Waals surface area contributed by atoms with E-state index in [2.05, 4.69) is 15.3 Å². The first-order valence-electron chi connectivity index (χ1n) is 9.82. The van der Waals surface area contributed by atoms with Gasteiger partial charge in [0.05, 0.1) is 11.4 Å². The molecule has 6 heteroatoms. The van der Waals surface area contributed by atoms with E-state index in [-0.39, 0.29) is 5.82 Å². The molecule has 5 aromatic rings. The van der Waals surface area contributed by atoms with E-state index in [4.69, 9.17) is 5.10 Å². The number of hydrogen-bond acceptors (Lipinski definition) is 4. The van der Waals surface area contributed by atoms with E-state index in [9.17, 15) is 4.39 Å². The van der Waals surface area contributed by atoms with Crippen LogP contribution in [0.3, 0.4) is 0 Å². The minimum atomic E-state index is -0.315. The minimum absolute atomic E-state index is 0.315. The van der Waals surface area contributed by atoms with Gasteiger partial charge in [0.25, 0.3) is 0 Å². The highest BCUT2D eigenvalue weighted by atomic mass is 19.1. The van der Waals surface area contributed by atoms with Gasteiger partial charge in [-0.05, 0) is 24.3 Å². The molecule has 0 aliphatic carbocycles. The Hall–Kier alpha value is -4.32. The fourth-order valence-corrected chi connectivity index (χ4v) is 3.37. The Morgan fingerprint density at radius 3 is 2.19 bits per heavy atom. The highest BCUT2D eigenvalue weighted by molar-refractivity contribution is 5.70. The molecular formula is C25H18FN5. The molecule has 0 fully saturated rings. The molecule has 0 amide bonds. The second kappa shape index (κ2) is 8.20. The molecule has 31 heavy (non-hydrogen) atoms. The number of anilines is 2. The van der Waals surface area contributed by atoms with Crippen molar-refractivity contribution in [1.29, 1.82) is 0 Å². The molecule has 5 nitrogen and oxygen atoms in total. The molecule has 3 aromatic carbocycles. The molecule has 0 spiro atoms. The fourth-order valence-electron chi connectivity index (χ4n) is 3.37. The van der Waals surface area contributed by atoms with Crippen molar-refractivity contribution in [2.45, 2.75) is 0 Å². The van der Waals surface area contributed by atoms with Gasteiger partial charge in [-0.25, -0.2) is 19.0 Å². The second-order valence-corrected chi connectivity index (χ2v) is 6.96. The first-order valence-corrected chi connectivity index (χ1v) is 9.82. The molecule has 0 radical (unpaired) electrons. The predicted octanol–water partition coefficient (Wildman–Crippen LogP) is 5.88. The smallest absolute Gasteiger partial charge is 0.159 e. The molecule has 0 aliphatic rings. The van der Waals surface area contributed by atoms with Gasteiger partial charge in [0.2, 0.25) is 0 Å². The Morgan fingerprint density at radius 1 is 0.710 bits per heavy atom. The number of nitrogens with one attached hydrogen (secondary N) is 1. The van der Waals surface area contributed by atoms with Crippen molar-refractivity contribution < 1.29 is 4.39 Å². The van der Waals surface area contributed by atoms with E-state index >= 15 is 0 Å². The van der Waals surface area contributed by atoms with Crippen molar-refractivity contribution in [2.24, 2.45) is 0 Å². The van der Waals surface area contributed by atoms with Crippen molar-refractivity contribution in [1.82, 2.24) is 19.7 Å². The summed E-state index contributed by atoms with van der Waals surface area (Å²) in [6.45, 7) is 0. The van der Waals surface area contributed by atoms with Crippen LogP contribution in [0.5, 0.6) is 0 Å². The third-order valence-corrected chi connectivity index (χ3v) is 4.82. The third kappa shape index (κ3) is 4.04. The molecule has 0 saturated heterocycles. The fraction of sp³-hybridized carbons (Fsp3) is 0. The summed E-state index contributed by atoms with van der Waals surface area (Å²) in [5.41, 5.74) is 4.41. The molecule has 0 atom stereocenters. The summed E-state index contributed by atoms with van der Waals surface area (Å²) in [5, 5.41) is 7.95. The van der Waals surface area contributed by atoms with Crippen molar-refractivity contribution in [3.63, 3.8) is 0 Å². The lowest BCUT2D eigenvalue weighted by atomic mass is 10.1. The summed E-state index contributed by atoms with van der Waals surface area (Å²) in [4.78, 5) is 8.71. The van der Waals surface area contributed by atoms with Gasteiger partial charge in [-0.15, -0.1) is 0 Å². The van der Waals surface area contributed by atoms with Gasteiger partial charge in [-0.2, -0.15) is 5.10 Å². The maximum atomic E-state index is 13.5. The number of benzene rings is 3. The van der Waals surface area contributed by atoms with Crippen LogP contribution in [0.15, 0.2) is 103 Å². The largest absolute Gasteiger partial charge is 0.340 e. The molecule has 5 rings (SSSR count). The van der Waals surface area contributed by atoms with Crippen molar-refractivity contribution in [3.8, 4) is 28.3 Å². The van der Waals surface area contributed by atoms with E-state index in [1.54, 1.807) is 22.9 Å². The van der Waals surface area contributed by atoms with E-state index in [1.807, 2.05) is 66.7 Å². The highest BCUT2D eigenvalue weighted by Crippen LogP contribution is 2.28. The van der Waals surface area contributed by atoms with E-state index < -0.39 is 0 Å². The van der Waals surface area contributed by atoms with Crippen LogP contribution < -0.4 is 5.32 Å². The lowest BCUT2D eigenvalue weighted by molar-refractivity contribution is 0.628. The van der Waals surface area contributed by atoms with E-state index in [0.29, 0.717) is 17.3 Å². The maximum absolute atomic E-state index is 13.5. The number of rotatable bonds is 5. The molecule has 1 N–H and O–H groups in total. The van der Waals surface area contributed by atoms with Gasteiger partial charge < -0.3 is 5.32 Å². The average molecular weight is 407 g/mol. The van der Waals surface area contributed by atoms with Crippen molar-refractivity contribution in [2.75, 3.05) is 5.32 Å². The Balaban J connectivity index is 1.58. The van der Waals surface area contributed by atoms with E-state index in [0.717, 1.165) is 22.5 Å². The highest BCUT2D eigenvalue weighted by Gasteiger charge is 2.14. The second-order valence-electron chi connectivity index (χ2n) is 6.96. The van der Waals surface area contributed by atoms with Crippen LogP contribution in [0.25, 0.3) is 28.3 Å². The third-order valence-electron chi connectivity index (χ3n) is 4.82. The van der Waals surface area contributed by atoms with Crippen LogP contribution in [0.4, 0.5) is 15.9 Å². The summed E-state index contributed by atoms with van der Waals surface area (Å²) in [7, 11) is 0. The van der Waals surface area contributed by atoms with Crippen LogP contribution in [-0.2, 0) is 0 Å². The zero-order valence-electron chi connectivity index (χ0n) is 16.5. The normalized spacial score (nSPS) is 10.7. The van der Waals surface area contributed by atoms with Crippen LogP contribution in [0.1, 0.15) is 0 Å². The zero-order chi connectivity index (χ0) is 21.0. The molecule has 150 valence electrons. The summed E-state index contributed by atoms with van der Waals surface area (Å²) >= 11 is 0. The average Bonchev–Trinajstić information content (AvgIpc) is 3.26. The SMILES string of the molecule is Fc1cccc(Nc2cc(-n3nc(-c4ccccc4)cc3-c3ccccc3)ncn2)c1. The Labute approximate surface area is 178 Å². The molecule has 0 bridgehead atoms. The number of hydrogen-bond donors (Lipinski definition) is 1. The van der Waals surface area contributed by atoms with Crippen LogP contribution in [0, 0.1) is 5.82 Å². The van der Waals surface area contributed by atoms with Gasteiger partial charge >= 0.3 is 0 Å². The number of halogens is 1. The van der Waals surface area contributed by atoms with Crippen LogP contribution in [0.2, 0.25) is 0 Å². The van der Waals surface area contributed by atoms with Gasteiger partial charge in [-0.3, -0.25) is 0 Å². The molecule has 0 unspecified atom stereocenters. The van der Waals surface area contributed by atoms with Gasteiger partial charge in [0.1, 0.15) is 18.0 Å². The lowest BCUT2D eigenvalue weighted by Crippen LogP contribution is -2.04. The summed E-state index contributed by atoms with van der Waals surface area (Å²) in [6, 6.07) is 30.1. The molecular weight excluding hydrogens is 389 g/mol. The Bertz CT molecular complexity index is 1320. The Kier molecular flexibility index (Phi) is 4.94. The predicted molar refractivity (Wildman–Crippen MR) is 120 cm³/mol. The van der Waals surface area contributed by atoms with Crippen LogP contribution in [-0.4, -0.2) is 19.7 Å². The maximum Gasteiger partial charge on any atom is 0.159 e. The standard InChI is InChI=1S/C25H18FN5/c26-20-12-7-13-21(14-20)29-24-16-25(28-17-27-24)31-23(19-10-5-2-6-11-19)15-22(30-31)18-8-3-1-4-9-18/h1-17H,(H,27,28,29). The lowest BCUT2D eigenvalue weighted by Gasteiger charge is -2.09. The topological polar surface area (TPSA) is 55.6 Å². The van der Waals surface area contributed by atoms with Crippen LogP contribution >= 0.6 is 0 Å². The number of nitrogens with zero attached hydrogens (tertiary/aromatic N) is 4. The summed E-state index contributed by atoms with van der Waals surface area (Å²) in [6.07, 6.45) is 1.47. The first-order chi connectivity index (χ1) is 15.3.